The van der Waals surface area contributed by atoms with Crippen molar-refractivity contribution in [3.8, 4) is 5.75 Å². The van der Waals surface area contributed by atoms with Gasteiger partial charge in [0.15, 0.2) is 5.11 Å². The summed E-state index contributed by atoms with van der Waals surface area (Å²) in [6.07, 6.45) is -3.15. The van der Waals surface area contributed by atoms with E-state index in [1.165, 1.54) is 24.3 Å². The maximum Gasteiger partial charge on any atom is 0.573 e. The highest BCUT2D eigenvalue weighted by molar-refractivity contribution is 7.80. The molecule has 2 rings (SSSR count). The molecule has 1 aromatic heterocycles. The topological polar surface area (TPSA) is 46.4 Å². The zero-order chi connectivity index (χ0) is 16.2. The molecule has 0 aliphatic carbocycles. The lowest BCUT2D eigenvalue weighted by atomic mass is 10.2. The van der Waals surface area contributed by atoms with Gasteiger partial charge in [-0.3, -0.25) is 0 Å². The van der Waals surface area contributed by atoms with Crippen LogP contribution in [0.25, 0.3) is 0 Å². The third-order valence-corrected chi connectivity index (χ3v) is 2.88. The lowest BCUT2D eigenvalue weighted by Crippen LogP contribution is -2.30. The smallest absolute Gasteiger partial charge is 0.467 e. The fourth-order valence-electron chi connectivity index (χ4n) is 1.71. The SMILES string of the molecule is C[C@@H](NC(=S)Nc1ccc(OC(F)(F)F)cc1)c1ccco1. The standard InChI is InChI=1S/C14H13F3N2O2S/c1-9(12-3-2-8-20-12)18-13(22)19-10-4-6-11(7-5-10)21-14(15,16)17/h2-9H,1H3,(H2,18,19,22)/t9-/m1/s1. The van der Waals surface area contributed by atoms with Crippen LogP contribution in [0.15, 0.2) is 47.1 Å². The summed E-state index contributed by atoms with van der Waals surface area (Å²) in [7, 11) is 0. The molecule has 0 aliphatic heterocycles. The number of halogens is 3. The van der Waals surface area contributed by atoms with Gasteiger partial charge in [-0.2, -0.15) is 0 Å². The number of thiocarbonyl (C=S) groups is 1. The fraction of sp³-hybridized carbons (Fsp3) is 0.214. The first-order valence-corrected chi connectivity index (χ1v) is 6.71. The first-order chi connectivity index (χ1) is 10.3. The van der Waals surface area contributed by atoms with E-state index in [2.05, 4.69) is 15.4 Å². The third-order valence-electron chi connectivity index (χ3n) is 2.66. The second-order valence-electron chi connectivity index (χ2n) is 4.41. The number of rotatable bonds is 4. The van der Waals surface area contributed by atoms with Crippen molar-refractivity contribution >= 4 is 23.0 Å². The van der Waals surface area contributed by atoms with Crippen LogP contribution >= 0.6 is 12.2 Å². The average Bonchev–Trinajstić information content (AvgIpc) is 2.93. The molecule has 2 aromatic rings. The molecule has 0 amide bonds. The maximum atomic E-state index is 12.1. The van der Waals surface area contributed by atoms with E-state index in [1.54, 1.807) is 12.3 Å². The Morgan fingerprint density at radius 3 is 2.45 bits per heavy atom. The van der Waals surface area contributed by atoms with Crippen LogP contribution in [0.5, 0.6) is 5.75 Å². The van der Waals surface area contributed by atoms with Crippen LogP contribution in [-0.2, 0) is 0 Å². The van der Waals surface area contributed by atoms with Crippen LogP contribution in [0, 0.1) is 0 Å². The van der Waals surface area contributed by atoms with E-state index in [1.807, 2.05) is 13.0 Å². The number of hydrogen-bond donors (Lipinski definition) is 2. The molecule has 4 nitrogen and oxygen atoms in total. The average molecular weight is 330 g/mol. The van der Waals surface area contributed by atoms with Gasteiger partial charge in [0.05, 0.1) is 12.3 Å². The minimum Gasteiger partial charge on any atom is -0.467 e. The summed E-state index contributed by atoms with van der Waals surface area (Å²) in [5.74, 6) is 0.430. The Kier molecular flexibility index (Phi) is 4.92. The molecule has 0 fully saturated rings. The monoisotopic (exact) mass is 330 g/mol. The van der Waals surface area contributed by atoms with Crippen molar-refractivity contribution in [2.24, 2.45) is 0 Å². The minimum atomic E-state index is -4.70. The largest absolute Gasteiger partial charge is 0.573 e. The molecule has 0 radical (unpaired) electrons. The molecule has 0 unspecified atom stereocenters. The fourth-order valence-corrected chi connectivity index (χ4v) is 2.01. The predicted octanol–water partition coefficient (Wildman–Crippen LogP) is 4.23. The molecule has 0 saturated carbocycles. The number of benzene rings is 1. The van der Waals surface area contributed by atoms with Crippen molar-refractivity contribution in [1.82, 2.24) is 5.32 Å². The van der Waals surface area contributed by atoms with Gasteiger partial charge in [-0.1, -0.05) is 0 Å². The van der Waals surface area contributed by atoms with E-state index >= 15 is 0 Å². The lowest BCUT2D eigenvalue weighted by Gasteiger charge is -2.15. The van der Waals surface area contributed by atoms with Gasteiger partial charge in [0, 0.05) is 5.69 Å². The van der Waals surface area contributed by atoms with Gasteiger partial charge in [0.1, 0.15) is 11.5 Å². The maximum absolute atomic E-state index is 12.1. The van der Waals surface area contributed by atoms with Gasteiger partial charge in [-0.25, -0.2) is 0 Å². The van der Waals surface area contributed by atoms with Gasteiger partial charge >= 0.3 is 6.36 Å². The molecule has 22 heavy (non-hydrogen) atoms. The Labute approximate surface area is 130 Å². The molecule has 2 N–H and O–H groups in total. The van der Waals surface area contributed by atoms with Crippen LogP contribution < -0.4 is 15.4 Å². The lowest BCUT2D eigenvalue weighted by molar-refractivity contribution is -0.274. The van der Waals surface area contributed by atoms with Crippen molar-refractivity contribution < 1.29 is 22.3 Å². The molecule has 1 heterocycles. The van der Waals surface area contributed by atoms with Crippen LogP contribution in [0.3, 0.4) is 0 Å². The highest BCUT2D eigenvalue weighted by Gasteiger charge is 2.30. The number of alkyl halides is 3. The summed E-state index contributed by atoms with van der Waals surface area (Å²) in [5.41, 5.74) is 0.540. The van der Waals surface area contributed by atoms with E-state index in [0.29, 0.717) is 10.8 Å². The van der Waals surface area contributed by atoms with E-state index in [9.17, 15) is 13.2 Å². The van der Waals surface area contributed by atoms with Crippen LogP contribution in [0.2, 0.25) is 0 Å². The Morgan fingerprint density at radius 2 is 1.91 bits per heavy atom. The minimum absolute atomic E-state index is 0.136. The first kappa shape index (κ1) is 16.2. The quantitative estimate of drug-likeness (QED) is 0.822. The summed E-state index contributed by atoms with van der Waals surface area (Å²) in [4.78, 5) is 0. The van der Waals surface area contributed by atoms with Gasteiger partial charge < -0.3 is 19.8 Å². The predicted molar refractivity (Wildman–Crippen MR) is 79.6 cm³/mol. The highest BCUT2D eigenvalue weighted by Crippen LogP contribution is 2.24. The zero-order valence-electron chi connectivity index (χ0n) is 11.5. The molecule has 0 saturated heterocycles. The third kappa shape index (κ3) is 4.96. The summed E-state index contributed by atoms with van der Waals surface area (Å²) in [6.45, 7) is 1.87. The van der Waals surface area contributed by atoms with Gasteiger partial charge in [-0.05, 0) is 55.5 Å². The summed E-state index contributed by atoms with van der Waals surface area (Å²) in [6, 6.07) is 8.72. The van der Waals surface area contributed by atoms with E-state index < -0.39 is 6.36 Å². The van der Waals surface area contributed by atoms with Crippen LogP contribution in [-0.4, -0.2) is 11.5 Å². The summed E-state index contributed by atoms with van der Waals surface area (Å²) < 4.78 is 45.2. The number of anilines is 1. The van der Waals surface area contributed by atoms with Crippen LogP contribution in [0.1, 0.15) is 18.7 Å². The molecule has 118 valence electrons. The first-order valence-electron chi connectivity index (χ1n) is 6.30. The second kappa shape index (κ2) is 6.69. The second-order valence-corrected chi connectivity index (χ2v) is 4.82. The van der Waals surface area contributed by atoms with E-state index in [0.717, 1.165) is 5.76 Å². The van der Waals surface area contributed by atoms with Crippen LogP contribution in [0.4, 0.5) is 18.9 Å². The van der Waals surface area contributed by atoms with Crippen molar-refractivity contribution in [2.45, 2.75) is 19.3 Å². The van der Waals surface area contributed by atoms with Crippen molar-refractivity contribution in [2.75, 3.05) is 5.32 Å². The number of furan rings is 1. The van der Waals surface area contributed by atoms with Crippen molar-refractivity contribution in [3.63, 3.8) is 0 Å². The van der Waals surface area contributed by atoms with E-state index in [-0.39, 0.29) is 11.8 Å². The van der Waals surface area contributed by atoms with Gasteiger partial charge in [0.2, 0.25) is 0 Å². The van der Waals surface area contributed by atoms with Gasteiger partial charge in [-0.15, -0.1) is 13.2 Å². The molecule has 0 bridgehead atoms. The van der Waals surface area contributed by atoms with Gasteiger partial charge in [0.25, 0.3) is 0 Å². The molecular weight excluding hydrogens is 317 g/mol. The Bertz CT molecular complexity index is 612. The molecule has 1 aromatic carbocycles. The summed E-state index contributed by atoms with van der Waals surface area (Å²) >= 11 is 5.13. The molecule has 0 spiro atoms. The van der Waals surface area contributed by atoms with Crippen molar-refractivity contribution in [1.29, 1.82) is 0 Å². The number of ether oxygens (including phenoxy) is 1. The Morgan fingerprint density at radius 1 is 1.23 bits per heavy atom. The molecule has 1 atom stereocenters. The number of hydrogen-bond acceptors (Lipinski definition) is 3. The van der Waals surface area contributed by atoms with Crippen molar-refractivity contribution in [3.05, 3.63) is 48.4 Å². The van der Waals surface area contributed by atoms with E-state index in [4.69, 9.17) is 16.6 Å². The molecule has 0 aliphatic rings. The number of nitrogens with one attached hydrogen (secondary N) is 2. The highest BCUT2D eigenvalue weighted by atomic mass is 32.1. The molecular formula is C14H13F3N2O2S. The summed E-state index contributed by atoms with van der Waals surface area (Å²) in [5, 5.41) is 6.19. The Hall–Kier alpha value is -2.22. The Balaban J connectivity index is 1.89. The normalized spacial score (nSPS) is 12.5. The zero-order valence-corrected chi connectivity index (χ0v) is 12.3. The molecule has 8 heteroatoms.